The predicted octanol–water partition coefficient (Wildman–Crippen LogP) is 13.0. The first-order chi connectivity index (χ1) is 30.8. The molecule has 6 nitrogen and oxygen atoms in total. The maximum Gasteiger partial charge on any atom is 4.00 e. The molecule has 0 spiro atoms. The zero-order chi connectivity index (χ0) is 44.8. The summed E-state index contributed by atoms with van der Waals surface area (Å²) in [5, 5.41) is 13.8. The zero-order valence-electron chi connectivity index (χ0n) is 35.1. The summed E-state index contributed by atoms with van der Waals surface area (Å²) in [6.45, 7) is 41.2. The van der Waals surface area contributed by atoms with Crippen LogP contribution < -0.4 is 21.2 Å². The van der Waals surface area contributed by atoms with Crippen molar-refractivity contribution in [1.82, 2.24) is 0 Å². The maximum atomic E-state index is 11.2. The van der Waals surface area contributed by atoms with Crippen molar-refractivity contribution in [3.05, 3.63) is 276 Å². The van der Waals surface area contributed by atoms with Gasteiger partial charge >= 0.3 is 26.3 Å². The maximum absolute atomic E-state index is 11.2. The van der Waals surface area contributed by atoms with Crippen molar-refractivity contribution in [2.45, 2.75) is 35.2 Å². The van der Waals surface area contributed by atoms with Crippen LogP contribution in [0.3, 0.4) is 0 Å². The summed E-state index contributed by atoms with van der Waals surface area (Å²) in [4.78, 5) is 18.2. The van der Waals surface area contributed by atoms with Crippen molar-refractivity contribution in [1.29, 1.82) is 5.26 Å². The van der Waals surface area contributed by atoms with Crippen LogP contribution >= 0.6 is 15.8 Å². The van der Waals surface area contributed by atoms with Crippen molar-refractivity contribution < 1.29 is 21.1 Å². The van der Waals surface area contributed by atoms with Crippen LogP contribution in [-0.4, -0.2) is 16.0 Å². The molecule has 1 aliphatic carbocycles. The molecule has 7 aromatic carbocycles. The van der Waals surface area contributed by atoms with Gasteiger partial charge in [0.15, 0.2) is 30.1 Å². The van der Waals surface area contributed by atoms with Crippen LogP contribution in [0.5, 0.6) is 0 Å². The van der Waals surface area contributed by atoms with E-state index in [1.54, 1.807) is 36.4 Å². The number of nitrogens with zero attached hydrogens (tertiary/aromatic N) is 6. The molecule has 9 heteroatoms. The van der Waals surface area contributed by atoms with E-state index in [0.717, 1.165) is 21.2 Å². The molecule has 0 radical (unpaired) electrons. The molecule has 0 heterocycles. The Kier molecular flexibility index (Phi) is 19.6. The van der Waals surface area contributed by atoms with Crippen molar-refractivity contribution in [2.75, 3.05) is 0 Å². The summed E-state index contributed by atoms with van der Waals surface area (Å²) in [5.41, 5.74) is 1.03. The summed E-state index contributed by atoms with van der Waals surface area (Å²) in [5.74, 6) is 0. The number of hydrogen-bond donors (Lipinski definition) is 0. The molecule has 1 saturated carbocycles. The second-order valence-corrected chi connectivity index (χ2v) is 20.5. The van der Waals surface area contributed by atoms with Crippen LogP contribution in [0.15, 0.2) is 212 Å². The first-order valence-corrected chi connectivity index (χ1v) is 23.1. The first-order valence-electron chi connectivity index (χ1n) is 20.1. The molecule has 3 atom stereocenters. The van der Waals surface area contributed by atoms with E-state index < -0.39 is 31.8 Å². The van der Waals surface area contributed by atoms with Gasteiger partial charge in [0.25, 0.3) is 0 Å². The Balaban J connectivity index is 0.000000288. The third-order valence-electron chi connectivity index (χ3n) is 10.4. The molecule has 1 aliphatic rings. The smallest absolute Gasteiger partial charge is 0.344 e. The second-order valence-electron chi connectivity index (χ2n) is 14.8. The Morgan fingerprint density at radius 3 is 0.922 bits per heavy atom. The van der Waals surface area contributed by atoms with Crippen LogP contribution in [0.25, 0.3) is 24.2 Å². The Hall–Kier alpha value is -6.97. The van der Waals surface area contributed by atoms with Gasteiger partial charge in [0.2, 0.25) is 0 Å². The Bertz CT molecular complexity index is 2440. The Morgan fingerprint density at radius 1 is 0.406 bits per heavy atom. The third kappa shape index (κ3) is 13.3. The van der Waals surface area contributed by atoms with Crippen LogP contribution in [0.2, 0.25) is 0 Å². The van der Waals surface area contributed by atoms with E-state index in [2.05, 4.69) is 85.7 Å². The molecule has 3 unspecified atom stereocenters. The minimum absolute atomic E-state index is 0. The van der Waals surface area contributed by atoms with Gasteiger partial charge in [0.1, 0.15) is 35.1 Å². The van der Waals surface area contributed by atoms with Gasteiger partial charge in [-0.15, -0.1) is 0 Å². The molecule has 306 valence electrons. The molecule has 0 bridgehead atoms. The molecule has 0 saturated heterocycles. The summed E-state index contributed by atoms with van der Waals surface area (Å²) in [7, 11) is -3.48. The molecular formula is C55H45MoN6P2+5. The van der Waals surface area contributed by atoms with Gasteiger partial charge in [-0.25, -0.2) is 27.7 Å². The minimum atomic E-state index is -1.74. The topological polar surface area (TPSA) is 45.6 Å². The van der Waals surface area contributed by atoms with Crippen molar-refractivity contribution in [3.63, 3.8) is 0 Å². The van der Waals surface area contributed by atoms with Crippen LogP contribution in [0.1, 0.15) is 19.3 Å². The molecule has 64 heavy (non-hydrogen) atoms. The quantitative estimate of drug-likeness (QED) is 0.0931. The molecule has 0 aromatic heterocycles. The Morgan fingerprint density at radius 2 is 0.688 bits per heavy atom. The van der Waals surface area contributed by atoms with Crippen LogP contribution in [0, 0.1) is 51.1 Å². The van der Waals surface area contributed by atoms with E-state index in [1.807, 2.05) is 127 Å². The van der Waals surface area contributed by atoms with E-state index in [-0.39, 0.29) is 21.1 Å². The van der Waals surface area contributed by atoms with E-state index in [9.17, 15) is 5.26 Å². The van der Waals surface area contributed by atoms with E-state index in [1.165, 1.54) is 0 Å². The third-order valence-corrected chi connectivity index (χ3v) is 16.8. The van der Waals surface area contributed by atoms with Gasteiger partial charge < -0.3 is 4.85 Å². The van der Waals surface area contributed by atoms with Gasteiger partial charge in [-0.3, -0.25) is 11.8 Å². The van der Waals surface area contributed by atoms with Gasteiger partial charge in [-0.2, -0.15) is 5.26 Å². The standard InChI is InChI=1S/C34H28N3P2.3C7H5N.Mo/c1-32(36-2)24-33(27-35,38(28-16-8-4-9-17-28)29-18-10-5-11-19-29)26-34(25-32,37-3)39(30-20-12-6-13-21-30)31-22-14-7-15-23-31;3*1-8-7-5-3-2-4-6-7;/h4-23H,1,24-26H2;3*2-6H;/q-1;;;;+4/p+2. The number of nitriles is 1. The molecule has 7 aromatic rings. The molecule has 1 fully saturated rings. The minimum Gasteiger partial charge on any atom is -0.344 e. The van der Waals surface area contributed by atoms with Crippen molar-refractivity contribution in [3.8, 4) is 6.07 Å². The molecule has 0 N–H and O–H groups in total. The van der Waals surface area contributed by atoms with E-state index in [0.29, 0.717) is 36.3 Å². The average Bonchev–Trinajstić information content (AvgIpc) is 3.36. The van der Waals surface area contributed by atoms with Gasteiger partial charge in [-0.1, -0.05) is 164 Å². The fraction of sp³-hybridized carbons (Fsp3) is 0.109. The first kappa shape index (κ1) is 49.7. The number of para-hydroxylation sites is 3. The van der Waals surface area contributed by atoms with Gasteiger partial charge in [0.05, 0.1) is 44.7 Å². The molecule has 0 amide bonds. The van der Waals surface area contributed by atoms with Crippen LogP contribution in [-0.2, 0) is 21.1 Å². The van der Waals surface area contributed by atoms with E-state index >= 15 is 0 Å². The van der Waals surface area contributed by atoms with Crippen molar-refractivity contribution in [2.24, 2.45) is 0 Å². The van der Waals surface area contributed by atoms with Gasteiger partial charge in [-0.05, 0) is 48.5 Å². The van der Waals surface area contributed by atoms with Crippen LogP contribution in [0.4, 0.5) is 17.1 Å². The fourth-order valence-corrected chi connectivity index (χ4v) is 15.2. The SMILES string of the molecule is [C-]#[N+]C1([CH2-])CC(C#N)([PH+](c2ccccc2)c2ccccc2)CC([N+]#[C-])([PH+](c2ccccc2)c2ccccc2)C1.[C-]#[N+]c1ccccc1.[C-]#[N+]c1ccccc1.[C-]#[N+]c1ccccc1.[Mo+4]. The summed E-state index contributed by atoms with van der Waals surface area (Å²) in [6, 6.07) is 71.4. The number of benzene rings is 7. The van der Waals surface area contributed by atoms with Gasteiger partial charge in [0, 0.05) is 0 Å². The normalized spacial score (nSPS) is 17.8. The Labute approximate surface area is 395 Å². The fourth-order valence-electron chi connectivity index (χ4n) is 7.85. The summed E-state index contributed by atoms with van der Waals surface area (Å²) in [6.07, 6.45) is 1.13. The largest absolute Gasteiger partial charge is 4.00 e. The molecule has 8 rings (SSSR count). The molecule has 0 aliphatic heterocycles. The number of hydrogen-bond acceptors (Lipinski definition) is 1. The summed E-state index contributed by atoms with van der Waals surface area (Å²) >= 11 is 0. The number of rotatable bonds is 6. The predicted molar refractivity (Wildman–Crippen MR) is 265 cm³/mol. The molecular weight excluding hydrogens is 903 g/mol. The van der Waals surface area contributed by atoms with E-state index in [4.69, 9.17) is 32.9 Å². The van der Waals surface area contributed by atoms with Crippen molar-refractivity contribution >= 4 is 54.1 Å². The zero-order valence-corrected chi connectivity index (χ0v) is 39.1. The monoisotopic (exact) mass is 949 g/mol. The average molecular weight is 948 g/mol. The summed E-state index contributed by atoms with van der Waals surface area (Å²) < 4.78 is 0. The second kappa shape index (κ2) is 25.2.